The SMILES string of the molecule is COc1ccc(CNCc2ccccn2)c(OC)c1.O=C(O)C(=O)O. The molecule has 0 fully saturated rings. The number of aromatic nitrogens is 1. The van der Waals surface area contributed by atoms with Gasteiger partial charge in [0.1, 0.15) is 11.5 Å². The van der Waals surface area contributed by atoms with Crippen LogP contribution in [0.3, 0.4) is 0 Å². The molecule has 134 valence electrons. The van der Waals surface area contributed by atoms with Gasteiger partial charge in [-0.05, 0) is 18.2 Å². The van der Waals surface area contributed by atoms with Crippen molar-refractivity contribution in [3.05, 3.63) is 53.9 Å². The average Bonchev–Trinajstić information content (AvgIpc) is 2.63. The van der Waals surface area contributed by atoms with Gasteiger partial charge in [-0.3, -0.25) is 4.98 Å². The molecule has 0 radical (unpaired) electrons. The Morgan fingerprint density at radius 1 is 1.04 bits per heavy atom. The molecule has 1 heterocycles. The van der Waals surface area contributed by atoms with E-state index >= 15 is 0 Å². The molecule has 3 N–H and O–H groups in total. The van der Waals surface area contributed by atoms with E-state index in [9.17, 15) is 0 Å². The number of methoxy groups -OCH3 is 2. The number of benzene rings is 1. The third-order valence-electron chi connectivity index (χ3n) is 3.02. The Labute approximate surface area is 145 Å². The quantitative estimate of drug-likeness (QED) is 0.673. The molecule has 0 spiro atoms. The first-order valence-corrected chi connectivity index (χ1v) is 7.25. The second-order valence-corrected chi connectivity index (χ2v) is 4.71. The standard InChI is InChI=1S/C15H18N2O2.C2H2O4/c1-18-14-7-6-12(15(9-14)19-2)10-16-11-13-5-3-4-8-17-13;3-1(4)2(5)6/h3-9,16H,10-11H2,1-2H3;(H,3,4)(H,5,6). The Morgan fingerprint density at radius 2 is 1.76 bits per heavy atom. The van der Waals surface area contributed by atoms with Crippen molar-refractivity contribution in [3.63, 3.8) is 0 Å². The molecule has 25 heavy (non-hydrogen) atoms. The van der Waals surface area contributed by atoms with Crippen molar-refractivity contribution in [2.45, 2.75) is 13.1 Å². The molecule has 2 rings (SSSR count). The Balaban J connectivity index is 0.000000450. The molecule has 0 aliphatic carbocycles. The molecule has 1 aromatic carbocycles. The highest BCUT2D eigenvalue weighted by atomic mass is 16.5. The number of rotatable bonds is 6. The fourth-order valence-corrected chi connectivity index (χ4v) is 1.83. The number of nitrogens with one attached hydrogen (secondary N) is 1. The lowest BCUT2D eigenvalue weighted by Crippen LogP contribution is -2.14. The molecule has 1 aromatic heterocycles. The Kier molecular flexibility index (Phi) is 8.45. The number of aliphatic carboxylic acids is 2. The van der Waals surface area contributed by atoms with Crippen LogP contribution in [-0.4, -0.2) is 41.4 Å². The Hall–Kier alpha value is -3.13. The van der Waals surface area contributed by atoms with Gasteiger partial charge in [0.05, 0.1) is 19.9 Å². The summed E-state index contributed by atoms with van der Waals surface area (Å²) in [5.41, 5.74) is 2.12. The van der Waals surface area contributed by atoms with Crippen LogP contribution in [-0.2, 0) is 22.7 Å². The average molecular weight is 348 g/mol. The van der Waals surface area contributed by atoms with Gasteiger partial charge >= 0.3 is 11.9 Å². The minimum Gasteiger partial charge on any atom is -0.497 e. The van der Waals surface area contributed by atoms with Crippen molar-refractivity contribution >= 4 is 11.9 Å². The lowest BCUT2D eigenvalue weighted by Gasteiger charge is -2.11. The summed E-state index contributed by atoms with van der Waals surface area (Å²) in [7, 11) is 3.31. The summed E-state index contributed by atoms with van der Waals surface area (Å²) >= 11 is 0. The van der Waals surface area contributed by atoms with Crippen molar-refractivity contribution in [3.8, 4) is 11.5 Å². The van der Waals surface area contributed by atoms with Gasteiger partial charge in [-0.15, -0.1) is 0 Å². The van der Waals surface area contributed by atoms with Gasteiger partial charge in [0, 0.05) is 30.9 Å². The topological polar surface area (TPSA) is 118 Å². The number of pyridine rings is 1. The highest BCUT2D eigenvalue weighted by molar-refractivity contribution is 6.27. The number of nitrogens with zero attached hydrogens (tertiary/aromatic N) is 1. The summed E-state index contributed by atoms with van der Waals surface area (Å²) in [6, 6.07) is 11.7. The van der Waals surface area contributed by atoms with E-state index in [-0.39, 0.29) is 0 Å². The lowest BCUT2D eigenvalue weighted by atomic mass is 10.2. The van der Waals surface area contributed by atoms with Gasteiger partial charge in [0.15, 0.2) is 0 Å². The third kappa shape index (κ3) is 7.32. The second kappa shape index (κ2) is 10.6. The largest absolute Gasteiger partial charge is 0.497 e. The Bertz CT molecular complexity index is 679. The van der Waals surface area contributed by atoms with Crippen molar-refractivity contribution in [1.82, 2.24) is 10.3 Å². The molecule has 0 saturated carbocycles. The van der Waals surface area contributed by atoms with Crippen LogP contribution in [0.25, 0.3) is 0 Å². The maximum atomic E-state index is 9.10. The van der Waals surface area contributed by atoms with Gasteiger partial charge in [-0.25, -0.2) is 9.59 Å². The molecule has 0 aliphatic heterocycles. The van der Waals surface area contributed by atoms with Crippen molar-refractivity contribution in [2.75, 3.05) is 14.2 Å². The van der Waals surface area contributed by atoms with Crippen LogP contribution < -0.4 is 14.8 Å². The molecule has 0 saturated heterocycles. The first-order chi connectivity index (χ1) is 12.0. The molecular formula is C17H20N2O6. The minimum absolute atomic E-state index is 0.726. The highest BCUT2D eigenvalue weighted by Crippen LogP contribution is 2.24. The second-order valence-electron chi connectivity index (χ2n) is 4.71. The van der Waals surface area contributed by atoms with Crippen LogP contribution in [0.15, 0.2) is 42.6 Å². The van der Waals surface area contributed by atoms with Gasteiger partial charge in [0.2, 0.25) is 0 Å². The number of ether oxygens (including phenoxy) is 2. The van der Waals surface area contributed by atoms with Crippen molar-refractivity contribution in [2.24, 2.45) is 0 Å². The maximum absolute atomic E-state index is 9.10. The molecule has 8 nitrogen and oxygen atoms in total. The normalized spacial score (nSPS) is 9.52. The monoisotopic (exact) mass is 348 g/mol. The molecule has 0 amide bonds. The molecule has 0 aliphatic rings. The maximum Gasteiger partial charge on any atom is 0.414 e. The lowest BCUT2D eigenvalue weighted by molar-refractivity contribution is -0.159. The molecular weight excluding hydrogens is 328 g/mol. The molecule has 2 aromatic rings. The third-order valence-corrected chi connectivity index (χ3v) is 3.02. The van der Waals surface area contributed by atoms with Crippen LogP contribution >= 0.6 is 0 Å². The summed E-state index contributed by atoms with van der Waals surface area (Å²) in [6.45, 7) is 1.46. The number of carbonyl (C=O) groups is 2. The number of carboxylic acids is 2. The predicted octanol–water partition coefficient (Wildman–Crippen LogP) is 1.54. The number of hydrogen-bond donors (Lipinski definition) is 3. The van der Waals surface area contributed by atoms with E-state index in [1.54, 1.807) is 20.4 Å². The van der Waals surface area contributed by atoms with E-state index < -0.39 is 11.9 Å². The minimum atomic E-state index is -1.82. The van der Waals surface area contributed by atoms with E-state index in [0.717, 1.165) is 35.8 Å². The van der Waals surface area contributed by atoms with Gasteiger partial charge < -0.3 is 25.0 Å². The van der Waals surface area contributed by atoms with Crippen molar-refractivity contribution < 1.29 is 29.3 Å². The molecule has 0 unspecified atom stereocenters. The van der Waals surface area contributed by atoms with Crippen LogP contribution in [0.4, 0.5) is 0 Å². The predicted molar refractivity (Wildman–Crippen MR) is 89.6 cm³/mol. The fourth-order valence-electron chi connectivity index (χ4n) is 1.83. The summed E-state index contributed by atoms with van der Waals surface area (Å²) in [6.07, 6.45) is 1.80. The van der Waals surface area contributed by atoms with E-state index in [1.807, 2.05) is 36.4 Å². The smallest absolute Gasteiger partial charge is 0.414 e. The first kappa shape index (κ1) is 19.9. The summed E-state index contributed by atoms with van der Waals surface area (Å²) in [4.78, 5) is 22.5. The Morgan fingerprint density at radius 3 is 2.28 bits per heavy atom. The van der Waals surface area contributed by atoms with E-state index in [2.05, 4.69) is 10.3 Å². The zero-order chi connectivity index (χ0) is 18.7. The summed E-state index contributed by atoms with van der Waals surface area (Å²) in [5.74, 6) is -2.02. The first-order valence-electron chi connectivity index (χ1n) is 7.25. The van der Waals surface area contributed by atoms with E-state index in [4.69, 9.17) is 29.3 Å². The van der Waals surface area contributed by atoms with Crippen LogP contribution in [0, 0.1) is 0 Å². The molecule has 0 atom stereocenters. The number of carboxylic acid groups (broad SMARTS) is 2. The van der Waals surface area contributed by atoms with E-state index in [0.29, 0.717) is 0 Å². The number of hydrogen-bond acceptors (Lipinski definition) is 6. The summed E-state index contributed by atoms with van der Waals surface area (Å²) < 4.78 is 10.5. The highest BCUT2D eigenvalue weighted by Gasteiger charge is 2.05. The zero-order valence-electron chi connectivity index (χ0n) is 13.9. The summed E-state index contributed by atoms with van der Waals surface area (Å²) in [5, 5.41) is 18.1. The van der Waals surface area contributed by atoms with Gasteiger partial charge in [-0.1, -0.05) is 12.1 Å². The van der Waals surface area contributed by atoms with Crippen molar-refractivity contribution in [1.29, 1.82) is 0 Å². The molecule has 8 heteroatoms. The zero-order valence-corrected chi connectivity index (χ0v) is 13.9. The van der Waals surface area contributed by atoms with Crippen LogP contribution in [0.1, 0.15) is 11.3 Å². The van der Waals surface area contributed by atoms with Crippen LogP contribution in [0.2, 0.25) is 0 Å². The molecule has 0 bridgehead atoms. The van der Waals surface area contributed by atoms with Gasteiger partial charge in [-0.2, -0.15) is 0 Å². The van der Waals surface area contributed by atoms with Gasteiger partial charge in [0.25, 0.3) is 0 Å². The fraction of sp³-hybridized carbons (Fsp3) is 0.235. The van der Waals surface area contributed by atoms with E-state index in [1.165, 1.54) is 0 Å². The van der Waals surface area contributed by atoms with Crippen LogP contribution in [0.5, 0.6) is 11.5 Å².